The van der Waals surface area contributed by atoms with E-state index in [-0.39, 0.29) is 11.3 Å². The highest BCUT2D eigenvalue weighted by Gasteiger charge is 2.53. The summed E-state index contributed by atoms with van der Waals surface area (Å²) in [6.45, 7) is 2.56. The van der Waals surface area contributed by atoms with Crippen molar-refractivity contribution in [3.63, 3.8) is 0 Å². The van der Waals surface area contributed by atoms with Crippen LogP contribution in [0.2, 0.25) is 0 Å². The van der Waals surface area contributed by atoms with Crippen LogP contribution >= 0.6 is 0 Å². The van der Waals surface area contributed by atoms with Gasteiger partial charge in [-0.2, -0.15) is 0 Å². The smallest absolute Gasteiger partial charge is 0.334 e. The molecule has 5 rings (SSSR count). The van der Waals surface area contributed by atoms with Crippen molar-refractivity contribution in [1.82, 2.24) is 10.2 Å². The Hall–Kier alpha value is -2.66. The number of fused-ring (bicyclic) bond motifs is 1. The fourth-order valence-corrected chi connectivity index (χ4v) is 6.72. The van der Waals surface area contributed by atoms with Gasteiger partial charge in [-0.25, -0.2) is 4.79 Å². The number of hydrogen-bond donors (Lipinski definition) is 1. The van der Waals surface area contributed by atoms with Crippen LogP contribution in [0.15, 0.2) is 48.5 Å². The van der Waals surface area contributed by atoms with Crippen molar-refractivity contribution in [2.75, 3.05) is 13.6 Å². The van der Waals surface area contributed by atoms with Crippen LogP contribution in [0.5, 0.6) is 5.75 Å². The maximum absolute atomic E-state index is 13.1. The van der Waals surface area contributed by atoms with Crippen LogP contribution in [0, 0.1) is 5.92 Å². The van der Waals surface area contributed by atoms with Gasteiger partial charge in [-0.15, -0.1) is 0 Å². The number of likely N-dealkylation sites (tertiary alicyclic amines) is 1. The Morgan fingerprint density at radius 2 is 1.97 bits per heavy atom. The van der Waals surface area contributed by atoms with E-state index < -0.39 is 12.0 Å². The van der Waals surface area contributed by atoms with Gasteiger partial charge in [0, 0.05) is 24.8 Å². The van der Waals surface area contributed by atoms with Crippen LogP contribution in [0.1, 0.15) is 55.7 Å². The van der Waals surface area contributed by atoms with Crippen LogP contribution in [-0.2, 0) is 27.8 Å². The first-order valence-electron chi connectivity index (χ1n) is 12.3. The number of carbonyl (C=O) groups is 2. The van der Waals surface area contributed by atoms with Gasteiger partial charge in [0.1, 0.15) is 11.8 Å². The predicted octanol–water partition coefficient (Wildman–Crippen LogP) is 4.03. The zero-order valence-corrected chi connectivity index (χ0v) is 19.7. The van der Waals surface area contributed by atoms with E-state index in [0.717, 1.165) is 18.5 Å². The minimum Gasteiger partial charge on any atom is -0.425 e. The van der Waals surface area contributed by atoms with E-state index in [4.69, 9.17) is 4.74 Å². The number of benzene rings is 2. The summed E-state index contributed by atoms with van der Waals surface area (Å²) in [6.07, 6.45) is 7.78. The summed E-state index contributed by atoms with van der Waals surface area (Å²) in [7, 11) is 2.28. The lowest BCUT2D eigenvalue weighted by Crippen LogP contribution is -2.59. The Kier molecular flexibility index (Phi) is 6.00. The summed E-state index contributed by atoms with van der Waals surface area (Å²) >= 11 is 0. The van der Waals surface area contributed by atoms with Crippen molar-refractivity contribution < 1.29 is 14.3 Å². The van der Waals surface area contributed by atoms with E-state index in [2.05, 4.69) is 29.4 Å². The van der Waals surface area contributed by atoms with Crippen LogP contribution < -0.4 is 10.1 Å². The fraction of sp³-hybridized carbons (Fsp3) is 0.500. The average Bonchev–Trinajstić information content (AvgIpc) is 2.81. The largest absolute Gasteiger partial charge is 0.425 e. The normalized spacial score (nSPS) is 27.1. The van der Waals surface area contributed by atoms with Crippen molar-refractivity contribution in [3.05, 3.63) is 65.2 Å². The number of nitrogens with zero attached hydrogens (tertiary/aromatic N) is 1. The molecule has 1 aliphatic heterocycles. The number of carbonyl (C=O) groups excluding carboxylic acids is 2. The summed E-state index contributed by atoms with van der Waals surface area (Å²) in [4.78, 5) is 27.4. The topological polar surface area (TPSA) is 58.6 Å². The molecule has 1 saturated carbocycles. The Morgan fingerprint density at radius 1 is 1.15 bits per heavy atom. The highest BCUT2D eigenvalue weighted by atomic mass is 16.5. The Morgan fingerprint density at radius 3 is 2.76 bits per heavy atom. The molecule has 0 spiro atoms. The highest BCUT2D eigenvalue weighted by Crippen LogP contribution is 2.55. The van der Waals surface area contributed by atoms with Gasteiger partial charge < -0.3 is 15.0 Å². The molecule has 0 radical (unpaired) electrons. The van der Waals surface area contributed by atoms with Crippen LogP contribution in [0.4, 0.5) is 0 Å². The van der Waals surface area contributed by atoms with Crippen LogP contribution in [0.3, 0.4) is 0 Å². The van der Waals surface area contributed by atoms with Crippen LogP contribution in [0.25, 0.3) is 0 Å². The highest BCUT2D eigenvalue weighted by molar-refractivity contribution is 5.84. The molecule has 1 heterocycles. The van der Waals surface area contributed by atoms with E-state index in [0.29, 0.717) is 24.1 Å². The molecule has 5 nitrogen and oxygen atoms in total. The van der Waals surface area contributed by atoms with Crippen molar-refractivity contribution in [2.45, 2.75) is 69.4 Å². The zero-order chi connectivity index (χ0) is 23.0. The second kappa shape index (κ2) is 8.94. The summed E-state index contributed by atoms with van der Waals surface area (Å²) in [5.74, 6) is 0.635. The molecule has 4 atom stereocenters. The third-order valence-electron chi connectivity index (χ3n) is 8.25. The maximum Gasteiger partial charge on any atom is 0.334 e. The Bertz CT molecular complexity index is 1040. The summed E-state index contributed by atoms with van der Waals surface area (Å²) in [5.41, 5.74) is 4.01. The molecule has 5 heteroatoms. The molecule has 1 saturated heterocycles. The molecular weight excluding hydrogens is 412 g/mol. The Balaban J connectivity index is 1.41. The molecule has 2 aromatic rings. The number of nitrogens with one attached hydrogen (secondary N) is 1. The number of esters is 1. The minimum atomic E-state index is -0.714. The molecule has 3 aliphatic rings. The number of rotatable bonds is 5. The van der Waals surface area contributed by atoms with Crippen LogP contribution in [-0.4, -0.2) is 42.5 Å². The second-order valence-corrected chi connectivity index (χ2v) is 10.2. The molecule has 0 aromatic heterocycles. The van der Waals surface area contributed by atoms with Gasteiger partial charge in [-0.1, -0.05) is 49.2 Å². The molecule has 1 amide bonds. The van der Waals surface area contributed by atoms with Gasteiger partial charge in [0.2, 0.25) is 5.91 Å². The first-order valence-corrected chi connectivity index (χ1v) is 12.3. The molecular formula is C28H34N2O3. The predicted molar refractivity (Wildman–Crippen MR) is 128 cm³/mol. The van der Waals surface area contributed by atoms with Crippen molar-refractivity contribution in [1.29, 1.82) is 0 Å². The van der Waals surface area contributed by atoms with Crippen molar-refractivity contribution in [2.24, 2.45) is 5.92 Å². The summed E-state index contributed by atoms with van der Waals surface area (Å²) in [5, 5.41) is 2.78. The zero-order valence-electron chi connectivity index (χ0n) is 19.7. The monoisotopic (exact) mass is 446 g/mol. The third kappa shape index (κ3) is 4.19. The second-order valence-electron chi connectivity index (χ2n) is 10.2. The first-order chi connectivity index (χ1) is 16.0. The van der Waals surface area contributed by atoms with Gasteiger partial charge in [0.15, 0.2) is 0 Å². The number of likely N-dealkylation sites (N-methyl/N-ethyl adjacent to an activating group) is 1. The summed E-state index contributed by atoms with van der Waals surface area (Å²) in [6, 6.07) is 15.9. The SMILES string of the molecule is CC(=O)N[C@@H](Cc1ccccc1)C(=O)Oc1ccc2c(c1)[C@]13CCCC[C@@H]1[C@H](C2)N(C)CC3. The molecule has 2 aliphatic carbocycles. The minimum absolute atomic E-state index is 0.215. The molecule has 2 bridgehead atoms. The lowest BCUT2D eigenvalue weighted by atomic mass is 9.52. The maximum atomic E-state index is 13.1. The van der Waals surface area contributed by atoms with Gasteiger partial charge in [-0.05, 0) is 74.0 Å². The van der Waals surface area contributed by atoms with Gasteiger partial charge in [-0.3, -0.25) is 4.79 Å². The van der Waals surface area contributed by atoms with Gasteiger partial charge in [0.25, 0.3) is 0 Å². The van der Waals surface area contributed by atoms with Gasteiger partial charge >= 0.3 is 5.97 Å². The summed E-state index contributed by atoms with van der Waals surface area (Å²) < 4.78 is 5.89. The van der Waals surface area contributed by atoms with Crippen molar-refractivity contribution in [3.8, 4) is 5.75 Å². The standard InChI is InChI=1S/C28H34N2O3/c1-19(31)29-25(16-20-8-4-3-5-9-20)27(32)33-22-12-11-21-17-26-23-10-6-7-13-28(23,24(21)18-22)14-15-30(26)2/h3-5,8-9,11-12,18,23,25-26H,6-7,10,13-17H2,1-2H3,(H,29,31)/t23-,25+,26+,28+/m1/s1. The van der Waals surface area contributed by atoms with E-state index in [1.807, 2.05) is 36.4 Å². The first kappa shape index (κ1) is 22.1. The van der Waals surface area contributed by atoms with Crippen molar-refractivity contribution >= 4 is 11.9 Å². The fourth-order valence-electron chi connectivity index (χ4n) is 6.72. The average molecular weight is 447 g/mol. The molecule has 1 N–H and O–H groups in total. The quantitative estimate of drug-likeness (QED) is 0.557. The van der Waals surface area contributed by atoms with E-state index in [1.54, 1.807) is 0 Å². The molecule has 2 aromatic carbocycles. The third-order valence-corrected chi connectivity index (χ3v) is 8.25. The number of amides is 1. The number of piperidine rings is 1. The van der Waals surface area contributed by atoms with E-state index in [1.165, 1.54) is 50.2 Å². The lowest BCUT2D eigenvalue weighted by Gasteiger charge is -2.58. The molecule has 33 heavy (non-hydrogen) atoms. The molecule has 0 unspecified atom stereocenters. The number of ether oxygens (including phenoxy) is 1. The molecule has 174 valence electrons. The molecule has 2 fully saturated rings. The van der Waals surface area contributed by atoms with E-state index in [9.17, 15) is 9.59 Å². The Labute approximate surface area is 196 Å². The van der Waals surface area contributed by atoms with Gasteiger partial charge in [0.05, 0.1) is 0 Å². The number of hydrogen-bond acceptors (Lipinski definition) is 4. The van der Waals surface area contributed by atoms with E-state index >= 15 is 0 Å². The lowest BCUT2D eigenvalue weighted by molar-refractivity contribution is -0.139.